The zero-order valence-electron chi connectivity index (χ0n) is 11.9. The maximum absolute atomic E-state index is 12.3. The molecule has 0 saturated heterocycles. The lowest BCUT2D eigenvalue weighted by atomic mass is 9.99. The van der Waals surface area contributed by atoms with Gasteiger partial charge in [-0.1, -0.05) is 12.1 Å². The Morgan fingerprint density at radius 2 is 2.04 bits per heavy atom. The Balaban J connectivity index is 2.52. The minimum atomic E-state index is -4.82. The molecule has 0 amide bonds. The van der Waals surface area contributed by atoms with Crippen LogP contribution in [-0.4, -0.2) is 29.5 Å². The fourth-order valence-electron chi connectivity index (χ4n) is 2.10. The zero-order valence-corrected chi connectivity index (χ0v) is 11.9. The van der Waals surface area contributed by atoms with Crippen molar-refractivity contribution in [3.8, 4) is 22.8 Å². The van der Waals surface area contributed by atoms with Crippen molar-refractivity contribution in [1.82, 2.24) is 4.98 Å². The molecule has 8 heteroatoms. The lowest BCUT2D eigenvalue weighted by molar-refractivity contribution is -0.274. The van der Waals surface area contributed by atoms with E-state index >= 15 is 0 Å². The fraction of sp³-hybridized carbons (Fsp3) is 0.200. The molecule has 0 aliphatic carbocycles. The van der Waals surface area contributed by atoms with Crippen molar-refractivity contribution in [2.45, 2.75) is 12.8 Å². The van der Waals surface area contributed by atoms with E-state index in [2.05, 4.69) is 9.72 Å². The van der Waals surface area contributed by atoms with Gasteiger partial charge in [0.25, 0.3) is 0 Å². The molecule has 2 rings (SSSR count). The highest BCUT2D eigenvalue weighted by atomic mass is 19.4. The number of hydrogen-bond acceptors (Lipinski definition) is 4. The van der Waals surface area contributed by atoms with Crippen molar-refractivity contribution in [2.24, 2.45) is 0 Å². The molecule has 2 aromatic rings. The number of aliphatic carboxylic acids is 1. The molecule has 0 saturated carbocycles. The minimum Gasteiger partial charge on any atom is -0.481 e. The third-order valence-electron chi connectivity index (χ3n) is 2.89. The molecule has 0 bridgehead atoms. The molecule has 122 valence electrons. The Morgan fingerprint density at radius 3 is 2.65 bits per heavy atom. The smallest absolute Gasteiger partial charge is 0.481 e. The van der Waals surface area contributed by atoms with Gasteiger partial charge in [0.15, 0.2) is 0 Å². The molecule has 0 aliphatic rings. The normalized spacial score (nSPS) is 11.1. The monoisotopic (exact) mass is 327 g/mol. The summed E-state index contributed by atoms with van der Waals surface area (Å²) in [6, 6.07) is 6.67. The number of pyridine rings is 1. The Morgan fingerprint density at radius 1 is 1.30 bits per heavy atom. The van der Waals surface area contributed by atoms with Crippen LogP contribution in [0.15, 0.2) is 36.5 Å². The summed E-state index contributed by atoms with van der Waals surface area (Å²) in [6.45, 7) is 0. The van der Waals surface area contributed by atoms with Crippen LogP contribution < -0.4 is 9.47 Å². The molecule has 1 N–H and O–H groups in total. The number of carboxylic acid groups (broad SMARTS) is 1. The maximum atomic E-state index is 12.3. The second-order valence-electron chi connectivity index (χ2n) is 4.50. The van der Waals surface area contributed by atoms with Gasteiger partial charge in [-0.2, -0.15) is 0 Å². The molecule has 5 nitrogen and oxygen atoms in total. The van der Waals surface area contributed by atoms with Gasteiger partial charge in [0.05, 0.1) is 13.5 Å². The van der Waals surface area contributed by atoms with Gasteiger partial charge in [0, 0.05) is 11.8 Å². The number of alkyl halides is 3. The number of benzene rings is 1. The van der Waals surface area contributed by atoms with E-state index in [1.807, 2.05) is 0 Å². The van der Waals surface area contributed by atoms with Gasteiger partial charge >= 0.3 is 12.3 Å². The number of nitrogens with zero attached hydrogens (tertiary/aromatic N) is 1. The first-order valence-electron chi connectivity index (χ1n) is 6.40. The molecule has 23 heavy (non-hydrogen) atoms. The summed E-state index contributed by atoms with van der Waals surface area (Å²) in [6.07, 6.45) is -3.77. The standard InChI is InChI=1S/C15H12F3NO4/c1-22-14-13(10(5-6-19-14)8-12(20)21)9-3-2-4-11(7-9)23-15(16,17)18/h2-7H,8H2,1H3,(H,20,21). The summed E-state index contributed by atoms with van der Waals surface area (Å²) < 4.78 is 46.0. The van der Waals surface area contributed by atoms with E-state index in [0.29, 0.717) is 16.7 Å². The summed E-state index contributed by atoms with van der Waals surface area (Å²) in [5, 5.41) is 8.97. The number of carboxylic acids is 1. The number of ether oxygens (including phenoxy) is 2. The molecule has 0 fully saturated rings. The van der Waals surface area contributed by atoms with E-state index in [1.54, 1.807) is 0 Å². The topological polar surface area (TPSA) is 68.7 Å². The van der Waals surface area contributed by atoms with E-state index in [4.69, 9.17) is 9.84 Å². The molecule has 1 heterocycles. The summed E-state index contributed by atoms with van der Waals surface area (Å²) in [5.41, 5.74) is 0.992. The van der Waals surface area contributed by atoms with E-state index < -0.39 is 18.1 Å². The van der Waals surface area contributed by atoms with Gasteiger partial charge in [-0.3, -0.25) is 4.79 Å². The van der Waals surface area contributed by atoms with Crippen molar-refractivity contribution in [3.63, 3.8) is 0 Å². The highest BCUT2D eigenvalue weighted by Crippen LogP contribution is 2.35. The molecule has 0 spiro atoms. The van der Waals surface area contributed by atoms with Crippen molar-refractivity contribution in [2.75, 3.05) is 7.11 Å². The van der Waals surface area contributed by atoms with Gasteiger partial charge in [0.1, 0.15) is 5.75 Å². The van der Waals surface area contributed by atoms with Gasteiger partial charge in [-0.05, 0) is 29.3 Å². The van der Waals surface area contributed by atoms with Crippen LogP contribution >= 0.6 is 0 Å². The Bertz CT molecular complexity index is 716. The quantitative estimate of drug-likeness (QED) is 0.913. The van der Waals surface area contributed by atoms with E-state index in [9.17, 15) is 18.0 Å². The first kappa shape index (κ1) is 16.6. The third kappa shape index (κ3) is 4.35. The summed E-state index contributed by atoms with van der Waals surface area (Å²) in [4.78, 5) is 14.9. The molecule has 1 aromatic heterocycles. The van der Waals surface area contributed by atoms with Gasteiger partial charge in [0.2, 0.25) is 5.88 Å². The Hall–Kier alpha value is -2.77. The van der Waals surface area contributed by atoms with Crippen LogP contribution in [0.5, 0.6) is 11.6 Å². The van der Waals surface area contributed by atoms with Crippen molar-refractivity contribution in [1.29, 1.82) is 0 Å². The summed E-state index contributed by atoms with van der Waals surface area (Å²) >= 11 is 0. The van der Waals surface area contributed by atoms with Crippen LogP contribution in [0.4, 0.5) is 13.2 Å². The second-order valence-corrected chi connectivity index (χ2v) is 4.50. The molecule has 0 aliphatic heterocycles. The van der Waals surface area contributed by atoms with Crippen LogP contribution in [0.2, 0.25) is 0 Å². The van der Waals surface area contributed by atoms with Gasteiger partial charge < -0.3 is 14.6 Å². The number of methoxy groups -OCH3 is 1. The van der Waals surface area contributed by atoms with Crippen LogP contribution in [0, 0.1) is 0 Å². The number of carbonyl (C=O) groups is 1. The van der Waals surface area contributed by atoms with E-state index in [0.717, 1.165) is 12.1 Å². The van der Waals surface area contributed by atoms with Crippen molar-refractivity contribution in [3.05, 3.63) is 42.1 Å². The van der Waals surface area contributed by atoms with Crippen molar-refractivity contribution >= 4 is 5.97 Å². The molecular formula is C15H12F3NO4. The van der Waals surface area contributed by atoms with Crippen LogP contribution in [0.3, 0.4) is 0 Å². The number of aromatic nitrogens is 1. The van der Waals surface area contributed by atoms with E-state index in [-0.39, 0.29) is 12.3 Å². The Kier molecular flexibility index (Phi) is 4.73. The van der Waals surface area contributed by atoms with E-state index in [1.165, 1.54) is 31.5 Å². The molecule has 1 aromatic carbocycles. The zero-order chi connectivity index (χ0) is 17.0. The predicted octanol–water partition coefficient (Wildman–Crippen LogP) is 3.28. The molecule has 0 atom stereocenters. The van der Waals surface area contributed by atoms with Gasteiger partial charge in [-0.15, -0.1) is 13.2 Å². The summed E-state index contributed by atoms with van der Waals surface area (Å²) in [5.74, 6) is -1.38. The fourth-order valence-corrected chi connectivity index (χ4v) is 2.10. The lowest BCUT2D eigenvalue weighted by Gasteiger charge is -2.14. The van der Waals surface area contributed by atoms with Crippen LogP contribution in [0.25, 0.3) is 11.1 Å². The predicted molar refractivity (Wildman–Crippen MR) is 74.2 cm³/mol. The number of hydrogen-bond donors (Lipinski definition) is 1. The first-order valence-corrected chi connectivity index (χ1v) is 6.40. The second kappa shape index (κ2) is 6.55. The highest BCUT2D eigenvalue weighted by Gasteiger charge is 2.31. The SMILES string of the molecule is COc1nccc(CC(=O)O)c1-c1cccc(OC(F)(F)F)c1. The highest BCUT2D eigenvalue weighted by molar-refractivity contribution is 5.79. The third-order valence-corrected chi connectivity index (χ3v) is 2.89. The lowest BCUT2D eigenvalue weighted by Crippen LogP contribution is -2.17. The van der Waals surface area contributed by atoms with Crippen LogP contribution in [-0.2, 0) is 11.2 Å². The Labute approximate surface area is 129 Å². The molecule has 0 unspecified atom stereocenters. The van der Waals surface area contributed by atoms with Gasteiger partial charge in [-0.25, -0.2) is 4.98 Å². The average Bonchev–Trinajstić information content (AvgIpc) is 2.44. The summed E-state index contributed by atoms with van der Waals surface area (Å²) in [7, 11) is 1.34. The number of rotatable bonds is 5. The van der Waals surface area contributed by atoms with Crippen molar-refractivity contribution < 1.29 is 32.5 Å². The largest absolute Gasteiger partial charge is 0.573 e. The first-order chi connectivity index (χ1) is 10.8. The maximum Gasteiger partial charge on any atom is 0.573 e. The molecule has 0 radical (unpaired) electrons. The minimum absolute atomic E-state index is 0.118. The molecular weight excluding hydrogens is 315 g/mol. The number of halogens is 3. The average molecular weight is 327 g/mol. The van der Waals surface area contributed by atoms with Crippen LogP contribution in [0.1, 0.15) is 5.56 Å².